The molecule has 0 heterocycles. The Morgan fingerprint density at radius 2 is 1.68 bits per heavy atom. The van der Waals surface area contributed by atoms with Crippen LogP contribution in [-0.4, -0.2) is 24.4 Å². The number of hydrogen-bond donors (Lipinski definition) is 1. The van der Waals surface area contributed by atoms with Gasteiger partial charge in [-0.3, -0.25) is 0 Å². The van der Waals surface area contributed by atoms with Gasteiger partial charge in [0.2, 0.25) is 0 Å². The molecule has 1 N–H and O–H groups in total. The molecule has 176 valence electrons. The first kappa shape index (κ1) is 21.5. The van der Waals surface area contributed by atoms with Crippen LogP contribution in [0.15, 0.2) is 0 Å². The van der Waals surface area contributed by atoms with Gasteiger partial charge in [-0.25, -0.2) is 0 Å². The number of rotatable bonds is 5. The fourth-order valence-electron chi connectivity index (χ4n) is 11.5. The maximum atomic E-state index is 10.7. The quantitative estimate of drug-likeness (QED) is 0.537. The minimum absolute atomic E-state index is 0.0843. The molecular weight excluding hydrogens is 380 g/mol. The van der Waals surface area contributed by atoms with Crippen LogP contribution in [0.1, 0.15) is 92.4 Å². The van der Waals surface area contributed by atoms with Gasteiger partial charge in [0.1, 0.15) is 0 Å². The second kappa shape index (κ2) is 6.74. The Hall–Kier alpha value is -0.0800. The molecule has 0 amide bonds. The minimum Gasteiger partial charge on any atom is -0.393 e. The lowest BCUT2D eigenvalue weighted by atomic mass is 9.45. The van der Waals surface area contributed by atoms with Crippen molar-refractivity contribution in [2.24, 2.45) is 69.5 Å². The Morgan fingerprint density at radius 1 is 0.903 bits per heavy atom. The van der Waals surface area contributed by atoms with Crippen LogP contribution in [0, 0.1) is 69.5 Å². The smallest absolute Gasteiger partial charge is 0.0638 e. The van der Waals surface area contributed by atoms with Gasteiger partial charge < -0.3 is 9.84 Å². The van der Waals surface area contributed by atoms with E-state index >= 15 is 0 Å². The Balaban J connectivity index is 1.24. The number of aliphatic hydroxyl groups excluding tert-OH is 1. The van der Waals surface area contributed by atoms with E-state index in [-0.39, 0.29) is 6.10 Å². The molecule has 0 radical (unpaired) electrons. The molecule has 0 aromatic heterocycles. The van der Waals surface area contributed by atoms with Crippen molar-refractivity contribution in [2.75, 3.05) is 7.11 Å². The van der Waals surface area contributed by atoms with Gasteiger partial charge in [-0.15, -0.1) is 0 Å². The largest absolute Gasteiger partial charge is 0.393 e. The molecule has 2 nitrogen and oxygen atoms in total. The topological polar surface area (TPSA) is 29.5 Å². The van der Waals surface area contributed by atoms with E-state index in [2.05, 4.69) is 34.6 Å². The number of hydrogen-bond acceptors (Lipinski definition) is 2. The van der Waals surface area contributed by atoms with Crippen LogP contribution in [0.4, 0.5) is 0 Å². The normalized spacial score (nSPS) is 58.8. The van der Waals surface area contributed by atoms with Crippen molar-refractivity contribution in [3.05, 3.63) is 0 Å². The molecule has 6 aliphatic carbocycles. The van der Waals surface area contributed by atoms with Gasteiger partial charge in [0, 0.05) is 12.5 Å². The zero-order chi connectivity index (χ0) is 21.9. The second-order valence-corrected chi connectivity index (χ2v) is 14.1. The van der Waals surface area contributed by atoms with Gasteiger partial charge in [-0.2, -0.15) is 0 Å². The van der Waals surface area contributed by atoms with Crippen LogP contribution in [0.2, 0.25) is 0 Å². The van der Waals surface area contributed by atoms with Crippen molar-refractivity contribution in [2.45, 2.75) is 105 Å². The second-order valence-electron chi connectivity index (χ2n) is 14.1. The van der Waals surface area contributed by atoms with Gasteiger partial charge in [-0.1, -0.05) is 34.6 Å². The molecule has 0 saturated heterocycles. The van der Waals surface area contributed by atoms with E-state index in [0.29, 0.717) is 34.2 Å². The van der Waals surface area contributed by atoms with Crippen molar-refractivity contribution < 1.29 is 9.84 Å². The molecule has 1 spiro atoms. The summed E-state index contributed by atoms with van der Waals surface area (Å²) in [6.07, 6.45) is 13.3. The lowest BCUT2D eigenvalue weighted by Gasteiger charge is -2.61. The molecule has 13 atom stereocenters. The summed E-state index contributed by atoms with van der Waals surface area (Å²) >= 11 is 0. The maximum absolute atomic E-state index is 10.7. The summed E-state index contributed by atoms with van der Waals surface area (Å²) in [5.74, 6) is 7.15. The average molecular weight is 429 g/mol. The van der Waals surface area contributed by atoms with Crippen molar-refractivity contribution in [1.82, 2.24) is 0 Å². The molecule has 6 rings (SSSR count). The van der Waals surface area contributed by atoms with Gasteiger partial charge in [0.15, 0.2) is 0 Å². The Kier molecular flexibility index (Phi) is 4.67. The molecule has 0 bridgehead atoms. The van der Waals surface area contributed by atoms with Crippen molar-refractivity contribution in [1.29, 1.82) is 0 Å². The summed E-state index contributed by atoms with van der Waals surface area (Å²) in [6.45, 7) is 12.3. The first-order valence-electron chi connectivity index (χ1n) is 13.9. The van der Waals surface area contributed by atoms with Crippen LogP contribution in [0.25, 0.3) is 0 Å². The SMILES string of the molecule is COC1CC2C3CCC(C(C)C4CC4C(O)C(C)C)C3(C)CCC2C2(C)CCC3CC312. The Labute approximate surface area is 191 Å². The number of methoxy groups -OCH3 is 1. The molecule has 6 aliphatic rings. The lowest BCUT2D eigenvalue weighted by molar-refractivity contribution is -0.161. The predicted molar refractivity (Wildman–Crippen MR) is 125 cm³/mol. The van der Waals surface area contributed by atoms with E-state index in [9.17, 15) is 5.11 Å². The van der Waals surface area contributed by atoms with E-state index in [4.69, 9.17) is 4.74 Å². The van der Waals surface area contributed by atoms with Crippen LogP contribution in [0.3, 0.4) is 0 Å². The highest BCUT2D eigenvalue weighted by atomic mass is 16.5. The third-order valence-electron chi connectivity index (χ3n) is 13.2. The van der Waals surface area contributed by atoms with E-state index in [0.717, 1.165) is 41.4 Å². The third-order valence-corrected chi connectivity index (χ3v) is 13.2. The molecule has 6 fully saturated rings. The van der Waals surface area contributed by atoms with Crippen molar-refractivity contribution >= 4 is 0 Å². The zero-order valence-corrected chi connectivity index (χ0v) is 21.1. The highest BCUT2D eigenvalue weighted by Gasteiger charge is 2.77. The zero-order valence-electron chi connectivity index (χ0n) is 21.1. The van der Waals surface area contributed by atoms with Crippen molar-refractivity contribution in [3.63, 3.8) is 0 Å². The lowest BCUT2D eigenvalue weighted by Crippen LogP contribution is -2.57. The summed E-state index contributed by atoms with van der Waals surface area (Å²) < 4.78 is 6.30. The molecular formula is C29H48O2. The summed E-state index contributed by atoms with van der Waals surface area (Å²) in [4.78, 5) is 0. The molecule has 2 heteroatoms. The van der Waals surface area contributed by atoms with Gasteiger partial charge >= 0.3 is 0 Å². The van der Waals surface area contributed by atoms with Gasteiger partial charge in [0.05, 0.1) is 12.2 Å². The van der Waals surface area contributed by atoms with Crippen LogP contribution >= 0.6 is 0 Å². The predicted octanol–water partition coefficient (Wildman–Crippen LogP) is 6.56. The average Bonchev–Trinajstić information content (AvgIpc) is 3.62. The number of aliphatic hydroxyl groups is 1. The van der Waals surface area contributed by atoms with Gasteiger partial charge in [0.25, 0.3) is 0 Å². The highest BCUT2D eigenvalue weighted by molar-refractivity contribution is 5.26. The van der Waals surface area contributed by atoms with Crippen LogP contribution in [0.5, 0.6) is 0 Å². The third kappa shape index (κ3) is 2.59. The fraction of sp³-hybridized carbons (Fsp3) is 1.00. The van der Waals surface area contributed by atoms with Gasteiger partial charge in [-0.05, 0) is 122 Å². The van der Waals surface area contributed by atoms with E-state index < -0.39 is 0 Å². The molecule has 0 aromatic rings. The van der Waals surface area contributed by atoms with Crippen molar-refractivity contribution in [3.8, 4) is 0 Å². The summed E-state index contributed by atoms with van der Waals surface area (Å²) in [7, 11) is 2.02. The standard InChI is InChI=1S/C29H48O2/c1-16(2)26(30)20-13-19(20)17(3)22-7-8-23-21-14-25(31-6)29-15-18(29)9-12-28(29,5)24(21)10-11-27(22,23)4/h16-26,30H,7-15H2,1-6H3. The van der Waals surface area contributed by atoms with E-state index in [1.807, 2.05) is 7.11 Å². The Morgan fingerprint density at radius 3 is 2.35 bits per heavy atom. The monoisotopic (exact) mass is 428 g/mol. The molecule has 31 heavy (non-hydrogen) atoms. The highest BCUT2D eigenvalue weighted by Crippen LogP contribution is 2.82. The number of fused-ring (bicyclic) bond motifs is 4. The van der Waals surface area contributed by atoms with E-state index in [1.54, 1.807) is 0 Å². The number of ether oxygens (including phenoxy) is 1. The first-order chi connectivity index (χ1) is 14.7. The molecule has 6 saturated carbocycles. The fourth-order valence-corrected chi connectivity index (χ4v) is 11.5. The summed E-state index contributed by atoms with van der Waals surface area (Å²) in [5.41, 5.74) is 1.63. The van der Waals surface area contributed by atoms with Crippen LogP contribution < -0.4 is 0 Å². The Bertz CT molecular complexity index is 732. The molecule has 0 aromatic carbocycles. The molecule has 0 aliphatic heterocycles. The van der Waals surface area contributed by atoms with Crippen LogP contribution in [-0.2, 0) is 4.74 Å². The summed E-state index contributed by atoms with van der Waals surface area (Å²) in [5, 5.41) is 10.7. The maximum Gasteiger partial charge on any atom is 0.0638 e. The molecule has 13 unspecified atom stereocenters. The first-order valence-corrected chi connectivity index (χ1v) is 13.9. The summed E-state index contributed by atoms with van der Waals surface area (Å²) in [6, 6.07) is 0. The van der Waals surface area contributed by atoms with E-state index in [1.165, 1.54) is 57.8 Å². The minimum atomic E-state index is -0.0843.